The molecule has 3 rings (SSSR count). The molecule has 0 unspecified atom stereocenters. The number of hydrazine groups is 1. The Kier molecular flexibility index (Phi) is 5.56. The molecule has 2 aromatic carbocycles. The minimum absolute atomic E-state index is 0.0409. The third-order valence-electron chi connectivity index (χ3n) is 4.50. The third-order valence-corrected chi connectivity index (χ3v) is 4.78. The fourth-order valence-electron chi connectivity index (χ4n) is 2.96. The van der Waals surface area contributed by atoms with Gasteiger partial charge in [0.15, 0.2) is 0 Å². The van der Waals surface area contributed by atoms with Crippen LogP contribution in [0.1, 0.15) is 19.4 Å². The average molecular weight is 404 g/mol. The van der Waals surface area contributed by atoms with E-state index in [2.05, 4.69) is 10.3 Å². The summed E-state index contributed by atoms with van der Waals surface area (Å²) in [4.78, 5) is 27.0. The lowest BCUT2D eigenvalue weighted by Gasteiger charge is -2.21. The number of amides is 2. The second-order valence-corrected chi connectivity index (χ2v) is 6.56. The van der Waals surface area contributed by atoms with Gasteiger partial charge in [-0.1, -0.05) is 11.6 Å². The summed E-state index contributed by atoms with van der Waals surface area (Å²) in [5.74, 6) is -1.92. The van der Waals surface area contributed by atoms with Crippen LogP contribution in [0.3, 0.4) is 0 Å². The molecule has 0 atom stereocenters. The third kappa shape index (κ3) is 3.66. The second kappa shape index (κ2) is 7.90. The largest absolute Gasteiger partial charge is 0.507 e. The smallest absolute Gasteiger partial charge is 0.282 e. The standard InChI is InChI=1S/C20H19ClFN3O3/c1-3-24(4-2)13-6-5-12(18(26)11-13)9-15-19(27)23-25(20(15)28)14-7-8-17(22)16(21)10-14/h5-11,26H,3-4H2,1-2H3,(H,23,27)/b15-9-. The Balaban J connectivity index is 1.91. The molecule has 2 N–H and O–H groups in total. The maximum atomic E-state index is 13.3. The Bertz CT molecular complexity index is 973. The number of halogens is 2. The molecule has 28 heavy (non-hydrogen) atoms. The summed E-state index contributed by atoms with van der Waals surface area (Å²) in [6.45, 7) is 5.58. The molecule has 0 spiro atoms. The van der Waals surface area contributed by atoms with Gasteiger partial charge < -0.3 is 10.0 Å². The normalized spacial score (nSPS) is 15.3. The molecular weight excluding hydrogens is 385 g/mol. The minimum Gasteiger partial charge on any atom is -0.507 e. The van der Waals surface area contributed by atoms with Crippen LogP contribution in [0.2, 0.25) is 5.02 Å². The van der Waals surface area contributed by atoms with E-state index < -0.39 is 17.6 Å². The van der Waals surface area contributed by atoms with Crippen LogP contribution in [0.4, 0.5) is 15.8 Å². The second-order valence-electron chi connectivity index (χ2n) is 6.15. The average Bonchev–Trinajstić information content (AvgIpc) is 2.95. The Morgan fingerprint density at radius 1 is 1.18 bits per heavy atom. The summed E-state index contributed by atoms with van der Waals surface area (Å²) in [5, 5.41) is 11.1. The van der Waals surface area contributed by atoms with Crippen molar-refractivity contribution in [3.63, 3.8) is 0 Å². The first kappa shape index (κ1) is 19.7. The molecule has 0 bridgehead atoms. The highest BCUT2D eigenvalue weighted by molar-refractivity contribution is 6.33. The van der Waals surface area contributed by atoms with Gasteiger partial charge in [-0.15, -0.1) is 0 Å². The summed E-state index contributed by atoms with van der Waals surface area (Å²) in [6.07, 6.45) is 1.32. The van der Waals surface area contributed by atoms with E-state index in [1.165, 1.54) is 18.2 Å². The number of nitrogens with one attached hydrogen (secondary N) is 1. The van der Waals surface area contributed by atoms with Crippen LogP contribution < -0.4 is 15.3 Å². The molecule has 146 valence electrons. The molecule has 6 nitrogen and oxygen atoms in total. The van der Waals surface area contributed by atoms with Gasteiger partial charge in [-0.3, -0.25) is 15.0 Å². The van der Waals surface area contributed by atoms with Crippen LogP contribution in [0.15, 0.2) is 42.0 Å². The number of carbonyl (C=O) groups is 2. The molecule has 0 saturated carbocycles. The van der Waals surface area contributed by atoms with Gasteiger partial charge in [-0.25, -0.2) is 9.40 Å². The number of rotatable bonds is 5. The molecule has 0 aliphatic carbocycles. The molecule has 0 aromatic heterocycles. The Labute approximate surface area is 166 Å². The van der Waals surface area contributed by atoms with Crippen LogP contribution in [-0.2, 0) is 9.59 Å². The van der Waals surface area contributed by atoms with Gasteiger partial charge in [-0.2, -0.15) is 0 Å². The number of nitrogens with zero attached hydrogens (tertiary/aromatic N) is 2. The number of phenols is 1. The summed E-state index contributed by atoms with van der Waals surface area (Å²) >= 11 is 5.75. The van der Waals surface area contributed by atoms with E-state index in [0.29, 0.717) is 5.56 Å². The highest BCUT2D eigenvalue weighted by atomic mass is 35.5. The Morgan fingerprint density at radius 3 is 2.50 bits per heavy atom. The maximum absolute atomic E-state index is 13.3. The molecule has 1 fully saturated rings. The van der Waals surface area contributed by atoms with Crippen LogP contribution in [0, 0.1) is 5.82 Å². The number of aromatic hydroxyl groups is 1. The number of benzene rings is 2. The number of hydrogen-bond donors (Lipinski definition) is 2. The number of carbonyl (C=O) groups excluding carboxylic acids is 2. The lowest BCUT2D eigenvalue weighted by atomic mass is 10.1. The van der Waals surface area contributed by atoms with E-state index in [1.54, 1.807) is 12.1 Å². The van der Waals surface area contributed by atoms with E-state index in [9.17, 15) is 19.1 Å². The van der Waals surface area contributed by atoms with Crippen molar-refractivity contribution in [2.45, 2.75) is 13.8 Å². The number of anilines is 2. The van der Waals surface area contributed by atoms with Gasteiger partial charge in [0.25, 0.3) is 11.8 Å². The zero-order chi connectivity index (χ0) is 20.4. The number of phenolic OH excluding ortho intramolecular Hbond substituents is 1. The molecule has 2 amide bonds. The van der Waals surface area contributed by atoms with E-state index >= 15 is 0 Å². The Hall–Kier alpha value is -3.06. The van der Waals surface area contributed by atoms with Crippen molar-refractivity contribution in [2.75, 3.05) is 23.0 Å². The molecular formula is C20H19ClFN3O3. The molecule has 1 aliphatic heterocycles. The van der Waals surface area contributed by atoms with Crippen LogP contribution in [0.25, 0.3) is 6.08 Å². The minimum atomic E-state index is -0.627. The summed E-state index contributed by atoms with van der Waals surface area (Å²) < 4.78 is 13.3. The van der Waals surface area contributed by atoms with Gasteiger partial charge in [-0.05, 0) is 50.3 Å². The van der Waals surface area contributed by atoms with Crippen molar-refractivity contribution in [2.24, 2.45) is 0 Å². The van der Waals surface area contributed by atoms with Gasteiger partial charge in [0.1, 0.15) is 17.1 Å². The highest BCUT2D eigenvalue weighted by Gasteiger charge is 2.34. The van der Waals surface area contributed by atoms with E-state index in [4.69, 9.17) is 11.6 Å². The van der Waals surface area contributed by atoms with E-state index in [-0.39, 0.29) is 22.0 Å². The van der Waals surface area contributed by atoms with Gasteiger partial charge in [0.2, 0.25) is 0 Å². The van der Waals surface area contributed by atoms with Crippen molar-refractivity contribution < 1.29 is 19.1 Å². The lowest BCUT2D eigenvalue weighted by molar-refractivity contribution is -0.117. The topological polar surface area (TPSA) is 72.9 Å². The SMILES string of the molecule is CCN(CC)c1ccc(/C=C2/C(=O)NN(c3ccc(F)c(Cl)c3)C2=O)c(O)c1. The van der Waals surface area contributed by atoms with Crippen LogP contribution in [0.5, 0.6) is 5.75 Å². The van der Waals surface area contributed by atoms with Gasteiger partial charge in [0.05, 0.1) is 10.7 Å². The lowest BCUT2D eigenvalue weighted by Crippen LogP contribution is -2.35. The zero-order valence-electron chi connectivity index (χ0n) is 15.4. The van der Waals surface area contributed by atoms with E-state index in [1.807, 2.05) is 19.9 Å². The van der Waals surface area contributed by atoms with Gasteiger partial charge in [0, 0.05) is 30.4 Å². The highest BCUT2D eigenvalue weighted by Crippen LogP contribution is 2.29. The number of hydrogen-bond acceptors (Lipinski definition) is 4. The quantitative estimate of drug-likeness (QED) is 0.592. The first-order valence-electron chi connectivity index (χ1n) is 8.75. The van der Waals surface area contributed by atoms with Crippen molar-refractivity contribution >= 4 is 40.9 Å². The van der Waals surface area contributed by atoms with E-state index in [0.717, 1.165) is 29.9 Å². The maximum Gasteiger partial charge on any atom is 0.282 e. The molecule has 1 saturated heterocycles. The molecule has 1 aliphatic rings. The van der Waals surface area contributed by atoms with Crippen molar-refractivity contribution in [3.05, 3.63) is 58.4 Å². The van der Waals surface area contributed by atoms with Crippen LogP contribution in [-0.4, -0.2) is 30.0 Å². The Morgan fingerprint density at radius 2 is 1.89 bits per heavy atom. The van der Waals surface area contributed by atoms with Crippen molar-refractivity contribution in [1.82, 2.24) is 5.43 Å². The predicted molar refractivity (Wildman–Crippen MR) is 107 cm³/mol. The monoisotopic (exact) mass is 403 g/mol. The van der Waals surface area contributed by atoms with Crippen LogP contribution >= 0.6 is 11.6 Å². The van der Waals surface area contributed by atoms with Gasteiger partial charge >= 0.3 is 0 Å². The molecule has 8 heteroatoms. The molecule has 1 heterocycles. The van der Waals surface area contributed by atoms with Crippen molar-refractivity contribution in [3.8, 4) is 5.75 Å². The zero-order valence-corrected chi connectivity index (χ0v) is 16.1. The predicted octanol–water partition coefficient (Wildman–Crippen LogP) is 3.49. The fraction of sp³-hybridized carbons (Fsp3) is 0.200. The first-order chi connectivity index (χ1) is 13.3. The fourth-order valence-corrected chi connectivity index (χ4v) is 3.13. The molecule has 2 aromatic rings. The van der Waals surface area contributed by atoms with Crippen molar-refractivity contribution in [1.29, 1.82) is 0 Å². The summed E-state index contributed by atoms with van der Waals surface area (Å²) in [7, 11) is 0. The molecule has 0 radical (unpaired) electrons. The summed E-state index contributed by atoms with van der Waals surface area (Å²) in [5.41, 5.74) is 3.68. The first-order valence-corrected chi connectivity index (χ1v) is 9.13. The summed E-state index contributed by atoms with van der Waals surface area (Å²) in [6, 6.07) is 8.74.